The van der Waals surface area contributed by atoms with E-state index in [0.717, 1.165) is 23.1 Å². The van der Waals surface area contributed by atoms with Crippen LogP contribution in [-0.4, -0.2) is 29.6 Å². The van der Waals surface area contributed by atoms with Gasteiger partial charge in [0, 0.05) is 30.8 Å². The Morgan fingerprint density at radius 2 is 2.00 bits per heavy atom. The number of nitrogens with one attached hydrogen (secondary N) is 1. The fourth-order valence-corrected chi connectivity index (χ4v) is 2.69. The van der Waals surface area contributed by atoms with Crippen molar-refractivity contribution < 1.29 is 4.74 Å². The molecule has 0 atom stereocenters. The van der Waals surface area contributed by atoms with Gasteiger partial charge in [0.2, 0.25) is 5.13 Å². The lowest BCUT2D eigenvalue weighted by Gasteiger charge is -2.02. The molecule has 0 fully saturated rings. The molecule has 3 aromatic rings. The highest BCUT2D eigenvalue weighted by Crippen LogP contribution is 2.28. The van der Waals surface area contributed by atoms with Gasteiger partial charge < -0.3 is 10.1 Å². The van der Waals surface area contributed by atoms with Crippen LogP contribution in [-0.2, 0) is 4.74 Å². The van der Waals surface area contributed by atoms with Gasteiger partial charge in [0.1, 0.15) is 0 Å². The van der Waals surface area contributed by atoms with Gasteiger partial charge in [0.25, 0.3) is 0 Å². The normalized spacial score (nSPS) is 10.8. The number of rotatable bonds is 5. The second kappa shape index (κ2) is 5.98. The zero-order valence-corrected chi connectivity index (χ0v) is 12.0. The predicted octanol–water partition coefficient (Wildman–Crippen LogP) is 3.42. The van der Waals surface area contributed by atoms with Crippen molar-refractivity contribution in [1.29, 1.82) is 0 Å². The van der Waals surface area contributed by atoms with E-state index >= 15 is 0 Å². The Morgan fingerprint density at radius 1 is 1.15 bits per heavy atom. The van der Waals surface area contributed by atoms with Gasteiger partial charge in [-0.3, -0.25) is 0 Å². The summed E-state index contributed by atoms with van der Waals surface area (Å²) in [6.07, 6.45) is 0. The summed E-state index contributed by atoms with van der Waals surface area (Å²) in [5.41, 5.74) is 1.07. The highest BCUT2D eigenvalue weighted by Gasteiger charge is 2.09. The zero-order chi connectivity index (χ0) is 13.8. The number of anilines is 1. The van der Waals surface area contributed by atoms with Gasteiger partial charge in [-0.2, -0.15) is 9.36 Å². The number of benzene rings is 2. The topological polar surface area (TPSA) is 47.0 Å². The van der Waals surface area contributed by atoms with Crippen LogP contribution in [0.2, 0.25) is 0 Å². The second-order valence-corrected chi connectivity index (χ2v) is 5.12. The average Bonchev–Trinajstić information content (AvgIpc) is 2.96. The number of methoxy groups -OCH3 is 1. The summed E-state index contributed by atoms with van der Waals surface area (Å²) in [4.78, 5) is 4.54. The number of hydrogen-bond acceptors (Lipinski definition) is 5. The molecule has 0 radical (unpaired) electrons. The van der Waals surface area contributed by atoms with Crippen molar-refractivity contribution in [3.63, 3.8) is 0 Å². The van der Waals surface area contributed by atoms with Crippen LogP contribution in [0, 0.1) is 0 Å². The molecule has 0 bridgehead atoms. The molecule has 0 unspecified atom stereocenters. The van der Waals surface area contributed by atoms with E-state index in [-0.39, 0.29) is 0 Å². The highest BCUT2D eigenvalue weighted by molar-refractivity contribution is 7.09. The molecule has 0 saturated heterocycles. The Kier molecular flexibility index (Phi) is 3.90. The third-order valence-corrected chi connectivity index (χ3v) is 3.71. The van der Waals surface area contributed by atoms with Crippen molar-refractivity contribution in [3.8, 4) is 11.4 Å². The molecular formula is C15H15N3OS. The minimum atomic E-state index is 0.656. The minimum Gasteiger partial charge on any atom is -0.383 e. The number of fused-ring (bicyclic) bond motifs is 1. The van der Waals surface area contributed by atoms with E-state index in [9.17, 15) is 0 Å². The minimum absolute atomic E-state index is 0.656. The van der Waals surface area contributed by atoms with Crippen LogP contribution in [0.1, 0.15) is 0 Å². The average molecular weight is 285 g/mol. The Balaban J connectivity index is 1.91. The van der Waals surface area contributed by atoms with E-state index in [1.807, 2.05) is 18.2 Å². The summed E-state index contributed by atoms with van der Waals surface area (Å²) in [5.74, 6) is 0.770. The summed E-state index contributed by atoms with van der Waals surface area (Å²) in [7, 11) is 1.68. The van der Waals surface area contributed by atoms with E-state index < -0.39 is 0 Å². The second-order valence-electron chi connectivity index (χ2n) is 4.37. The van der Waals surface area contributed by atoms with Gasteiger partial charge in [-0.1, -0.05) is 42.5 Å². The van der Waals surface area contributed by atoms with Crippen LogP contribution in [0.15, 0.2) is 42.5 Å². The predicted molar refractivity (Wildman–Crippen MR) is 83.2 cm³/mol. The van der Waals surface area contributed by atoms with Gasteiger partial charge in [0.15, 0.2) is 5.82 Å². The first-order valence-electron chi connectivity index (χ1n) is 6.43. The molecule has 4 nitrogen and oxygen atoms in total. The monoisotopic (exact) mass is 285 g/mol. The molecular weight excluding hydrogens is 270 g/mol. The van der Waals surface area contributed by atoms with Crippen molar-refractivity contribution >= 4 is 27.4 Å². The molecule has 2 aromatic carbocycles. The lowest BCUT2D eigenvalue weighted by Crippen LogP contribution is -2.07. The molecule has 1 heterocycles. The van der Waals surface area contributed by atoms with Crippen molar-refractivity contribution in [2.24, 2.45) is 0 Å². The molecule has 0 aliphatic rings. The molecule has 3 rings (SSSR count). The van der Waals surface area contributed by atoms with Gasteiger partial charge in [-0.15, -0.1) is 0 Å². The van der Waals surface area contributed by atoms with E-state index in [0.29, 0.717) is 6.61 Å². The van der Waals surface area contributed by atoms with E-state index in [1.165, 1.54) is 22.3 Å². The molecule has 102 valence electrons. The van der Waals surface area contributed by atoms with Crippen LogP contribution in [0.3, 0.4) is 0 Å². The van der Waals surface area contributed by atoms with Crippen molar-refractivity contribution in [3.05, 3.63) is 42.5 Å². The van der Waals surface area contributed by atoms with Gasteiger partial charge in [0.05, 0.1) is 6.61 Å². The number of nitrogens with zero attached hydrogens (tertiary/aromatic N) is 2. The molecule has 0 spiro atoms. The third kappa shape index (κ3) is 2.64. The molecule has 1 N–H and O–H groups in total. The molecule has 0 aliphatic carbocycles. The van der Waals surface area contributed by atoms with E-state index in [2.05, 4.69) is 38.9 Å². The maximum absolute atomic E-state index is 5.01. The SMILES string of the molecule is COCCNc1nc(-c2cccc3ccccc23)ns1. The first-order valence-corrected chi connectivity index (χ1v) is 7.20. The van der Waals surface area contributed by atoms with Gasteiger partial charge >= 0.3 is 0 Å². The summed E-state index contributed by atoms with van der Waals surface area (Å²) < 4.78 is 9.45. The summed E-state index contributed by atoms with van der Waals surface area (Å²) in [5, 5.41) is 6.41. The lowest BCUT2D eigenvalue weighted by atomic mass is 10.0. The lowest BCUT2D eigenvalue weighted by molar-refractivity contribution is 0.211. The fourth-order valence-electron chi connectivity index (χ4n) is 2.09. The Hall–Kier alpha value is -1.98. The third-order valence-electron chi connectivity index (χ3n) is 3.04. The van der Waals surface area contributed by atoms with Crippen LogP contribution < -0.4 is 5.32 Å². The highest BCUT2D eigenvalue weighted by atomic mass is 32.1. The maximum atomic E-state index is 5.01. The fraction of sp³-hybridized carbons (Fsp3) is 0.200. The maximum Gasteiger partial charge on any atom is 0.202 e. The largest absolute Gasteiger partial charge is 0.383 e. The molecule has 1 aromatic heterocycles. The standard InChI is InChI=1S/C15H15N3OS/c1-19-10-9-16-15-17-14(18-20-15)13-8-4-6-11-5-2-3-7-12(11)13/h2-8H,9-10H2,1H3,(H,16,17,18). The van der Waals surface area contributed by atoms with Crippen LogP contribution in [0.5, 0.6) is 0 Å². The van der Waals surface area contributed by atoms with Crippen molar-refractivity contribution in [2.75, 3.05) is 25.6 Å². The molecule has 5 heteroatoms. The summed E-state index contributed by atoms with van der Waals surface area (Å²) >= 11 is 1.38. The Labute approximate surface area is 121 Å². The molecule has 20 heavy (non-hydrogen) atoms. The zero-order valence-electron chi connectivity index (χ0n) is 11.2. The molecule has 0 saturated carbocycles. The first-order chi connectivity index (χ1) is 9.88. The Bertz CT molecular complexity index is 706. The Morgan fingerprint density at radius 3 is 2.90 bits per heavy atom. The van der Waals surface area contributed by atoms with Gasteiger partial charge in [-0.05, 0) is 10.8 Å². The number of hydrogen-bond donors (Lipinski definition) is 1. The van der Waals surface area contributed by atoms with Crippen LogP contribution >= 0.6 is 11.5 Å². The summed E-state index contributed by atoms with van der Waals surface area (Å²) in [6, 6.07) is 14.5. The van der Waals surface area contributed by atoms with Crippen molar-refractivity contribution in [1.82, 2.24) is 9.36 Å². The quantitative estimate of drug-likeness (QED) is 0.730. The van der Waals surface area contributed by atoms with E-state index in [4.69, 9.17) is 4.74 Å². The van der Waals surface area contributed by atoms with Gasteiger partial charge in [-0.25, -0.2) is 0 Å². The van der Waals surface area contributed by atoms with Crippen LogP contribution in [0.4, 0.5) is 5.13 Å². The van der Waals surface area contributed by atoms with Crippen molar-refractivity contribution in [2.45, 2.75) is 0 Å². The first kappa shape index (κ1) is 13.0. The smallest absolute Gasteiger partial charge is 0.202 e. The van der Waals surface area contributed by atoms with E-state index in [1.54, 1.807) is 7.11 Å². The number of ether oxygens (including phenoxy) is 1. The van der Waals surface area contributed by atoms with Crippen LogP contribution in [0.25, 0.3) is 22.2 Å². The number of aromatic nitrogens is 2. The molecule has 0 amide bonds. The summed E-state index contributed by atoms with van der Waals surface area (Å²) in [6.45, 7) is 1.39. The molecule has 0 aliphatic heterocycles.